The summed E-state index contributed by atoms with van der Waals surface area (Å²) >= 11 is 0. The minimum Gasteiger partial charge on any atom is -0.329 e. The van der Waals surface area contributed by atoms with Gasteiger partial charge >= 0.3 is 6.03 Å². The Morgan fingerprint density at radius 2 is 1.93 bits per heavy atom. The van der Waals surface area contributed by atoms with Crippen molar-refractivity contribution in [3.05, 3.63) is 59.9 Å². The molecule has 0 bridgehead atoms. The highest BCUT2D eigenvalue weighted by molar-refractivity contribution is 7.84. The summed E-state index contributed by atoms with van der Waals surface area (Å²) < 4.78 is 11.6. The summed E-state index contributed by atoms with van der Waals surface area (Å²) in [5.41, 5.74) is 1.94. The van der Waals surface area contributed by atoms with E-state index in [1.54, 1.807) is 17.4 Å². The first-order chi connectivity index (χ1) is 13.0. The van der Waals surface area contributed by atoms with Crippen molar-refractivity contribution in [1.29, 1.82) is 0 Å². The van der Waals surface area contributed by atoms with E-state index in [-0.39, 0.29) is 18.1 Å². The second-order valence-electron chi connectivity index (χ2n) is 7.18. The number of rotatable bonds is 6. The van der Waals surface area contributed by atoms with E-state index < -0.39 is 10.8 Å². The van der Waals surface area contributed by atoms with Gasteiger partial charge in [-0.2, -0.15) is 0 Å². The Hall–Kier alpha value is -2.21. The van der Waals surface area contributed by atoms with Crippen LogP contribution < -0.4 is 5.32 Å². The third kappa shape index (κ3) is 4.56. The van der Waals surface area contributed by atoms with Crippen LogP contribution in [-0.2, 0) is 10.8 Å². The maximum absolute atomic E-state index is 12.9. The van der Waals surface area contributed by atoms with Crippen molar-refractivity contribution in [1.82, 2.24) is 15.2 Å². The van der Waals surface area contributed by atoms with E-state index in [4.69, 9.17) is 0 Å². The molecule has 0 radical (unpaired) electrons. The van der Waals surface area contributed by atoms with Gasteiger partial charge in [-0.15, -0.1) is 0 Å². The van der Waals surface area contributed by atoms with Crippen LogP contribution in [0.3, 0.4) is 0 Å². The predicted octanol–water partition coefficient (Wildman–Crippen LogP) is 4.06. The molecule has 6 heteroatoms. The lowest BCUT2D eigenvalue weighted by Gasteiger charge is -2.36. The van der Waals surface area contributed by atoms with E-state index in [1.165, 1.54) is 6.42 Å². The number of pyridine rings is 1. The van der Waals surface area contributed by atoms with Gasteiger partial charge in [-0.3, -0.25) is 9.19 Å². The van der Waals surface area contributed by atoms with Gasteiger partial charge in [0.15, 0.2) is 0 Å². The summed E-state index contributed by atoms with van der Waals surface area (Å²) in [6.07, 6.45) is 6.89. The van der Waals surface area contributed by atoms with E-state index in [0.29, 0.717) is 5.92 Å². The average Bonchev–Trinajstić information content (AvgIpc) is 2.65. The molecule has 144 valence electrons. The van der Waals surface area contributed by atoms with Gasteiger partial charge in [-0.1, -0.05) is 24.6 Å². The quantitative estimate of drug-likeness (QED) is 0.815. The van der Waals surface area contributed by atoms with Gasteiger partial charge in [0.05, 0.1) is 17.8 Å². The Morgan fingerprint density at radius 3 is 2.44 bits per heavy atom. The first kappa shape index (κ1) is 19.5. The molecule has 3 unspecified atom stereocenters. The molecular weight excluding hydrogens is 358 g/mol. The molecule has 0 saturated heterocycles. The van der Waals surface area contributed by atoms with Gasteiger partial charge in [-0.25, -0.2) is 4.79 Å². The van der Waals surface area contributed by atoms with E-state index in [9.17, 15) is 9.00 Å². The Labute approximate surface area is 163 Å². The molecule has 2 amide bonds. The van der Waals surface area contributed by atoms with Crippen LogP contribution >= 0.6 is 0 Å². The number of urea groups is 1. The molecule has 5 nitrogen and oxygen atoms in total. The van der Waals surface area contributed by atoms with Crippen LogP contribution in [0.25, 0.3) is 0 Å². The lowest BCUT2D eigenvalue weighted by Crippen LogP contribution is -2.44. The SMILES string of the molecule is CC(c1ccc(S(C)=O)cc1)N(C)C(=O)NC(c1ccccn1)C1CCC1. The van der Waals surface area contributed by atoms with Crippen molar-refractivity contribution in [3.63, 3.8) is 0 Å². The lowest BCUT2D eigenvalue weighted by molar-refractivity contribution is 0.171. The van der Waals surface area contributed by atoms with Crippen LogP contribution in [0.5, 0.6) is 0 Å². The number of hydrogen-bond acceptors (Lipinski definition) is 3. The molecular formula is C21H27N3O2S. The number of carbonyl (C=O) groups is 1. The molecule has 1 fully saturated rings. The number of aromatic nitrogens is 1. The van der Waals surface area contributed by atoms with Crippen LogP contribution in [0.2, 0.25) is 0 Å². The fourth-order valence-electron chi connectivity index (χ4n) is 3.34. The van der Waals surface area contributed by atoms with Crippen molar-refractivity contribution >= 4 is 16.8 Å². The fourth-order valence-corrected chi connectivity index (χ4v) is 3.86. The summed E-state index contributed by atoms with van der Waals surface area (Å²) in [4.78, 5) is 19.9. The predicted molar refractivity (Wildman–Crippen MR) is 108 cm³/mol. The van der Waals surface area contributed by atoms with Crippen LogP contribution in [0, 0.1) is 5.92 Å². The Morgan fingerprint density at radius 1 is 1.22 bits per heavy atom. The Bertz CT molecular complexity index is 791. The maximum atomic E-state index is 12.9. The molecule has 1 N–H and O–H groups in total. The van der Waals surface area contributed by atoms with E-state index in [1.807, 2.05) is 56.4 Å². The van der Waals surface area contributed by atoms with E-state index in [0.717, 1.165) is 29.0 Å². The summed E-state index contributed by atoms with van der Waals surface area (Å²) in [6.45, 7) is 2.00. The van der Waals surface area contributed by atoms with E-state index in [2.05, 4.69) is 10.3 Å². The van der Waals surface area contributed by atoms with Crippen LogP contribution in [-0.4, -0.2) is 33.4 Å². The second-order valence-corrected chi connectivity index (χ2v) is 8.56. The molecule has 3 rings (SSSR count). The molecule has 1 aromatic carbocycles. The third-order valence-electron chi connectivity index (χ3n) is 5.50. The van der Waals surface area contributed by atoms with Gasteiger partial charge in [0.1, 0.15) is 0 Å². The number of benzene rings is 1. The van der Waals surface area contributed by atoms with Crippen molar-refractivity contribution in [2.24, 2.45) is 5.92 Å². The monoisotopic (exact) mass is 385 g/mol. The molecule has 2 aromatic rings. The summed E-state index contributed by atoms with van der Waals surface area (Å²) in [7, 11) is 0.809. The molecule has 3 atom stereocenters. The molecule has 0 spiro atoms. The highest BCUT2D eigenvalue weighted by Gasteiger charge is 2.32. The largest absolute Gasteiger partial charge is 0.329 e. The molecule has 1 aliphatic rings. The highest BCUT2D eigenvalue weighted by atomic mass is 32.2. The summed E-state index contributed by atoms with van der Waals surface area (Å²) in [6, 6.07) is 13.2. The first-order valence-corrected chi connectivity index (χ1v) is 10.9. The molecule has 0 aliphatic heterocycles. The summed E-state index contributed by atoms with van der Waals surface area (Å²) in [5.74, 6) is 0.450. The van der Waals surface area contributed by atoms with Crippen molar-refractivity contribution in [3.8, 4) is 0 Å². The number of nitrogens with one attached hydrogen (secondary N) is 1. The van der Waals surface area contributed by atoms with Gasteiger partial charge in [-0.05, 0) is 55.5 Å². The molecule has 1 heterocycles. The van der Waals surface area contributed by atoms with Gasteiger partial charge in [0.2, 0.25) is 0 Å². The molecule has 1 aliphatic carbocycles. The molecule has 27 heavy (non-hydrogen) atoms. The standard InChI is InChI=1S/C21H27N3O2S/c1-15(16-10-12-18(13-11-16)27(3)26)24(2)21(25)23-20(17-7-6-8-17)19-9-4-5-14-22-19/h4-5,9-15,17,20H,6-8H2,1-3H3,(H,23,25). The average molecular weight is 386 g/mol. The van der Waals surface area contributed by atoms with E-state index >= 15 is 0 Å². The minimum absolute atomic E-state index is 0.0491. The maximum Gasteiger partial charge on any atom is 0.318 e. The zero-order valence-electron chi connectivity index (χ0n) is 16.1. The van der Waals surface area contributed by atoms with Crippen molar-refractivity contribution in [2.75, 3.05) is 13.3 Å². The minimum atomic E-state index is -0.999. The first-order valence-electron chi connectivity index (χ1n) is 9.35. The van der Waals surface area contributed by atoms with Crippen LogP contribution in [0.4, 0.5) is 4.79 Å². The van der Waals surface area contributed by atoms with Crippen LogP contribution in [0.15, 0.2) is 53.6 Å². The topological polar surface area (TPSA) is 62.3 Å². The highest BCUT2D eigenvalue weighted by Crippen LogP contribution is 2.37. The lowest BCUT2D eigenvalue weighted by atomic mass is 9.78. The van der Waals surface area contributed by atoms with Gasteiger partial charge in [0, 0.05) is 35.2 Å². The van der Waals surface area contributed by atoms with Crippen molar-refractivity contribution < 1.29 is 9.00 Å². The fraction of sp³-hybridized carbons (Fsp3) is 0.429. The normalized spacial score (nSPS) is 17.4. The smallest absolute Gasteiger partial charge is 0.318 e. The van der Waals surface area contributed by atoms with Crippen LogP contribution in [0.1, 0.15) is 49.5 Å². The number of amides is 2. The van der Waals surface area contributed by atoms with Gasteiger partial charge in [0.25, 0.3) is 0 Å². The molecule has 1 saturated carbocycles. The Balaban J connectivity index is 1.70. The second kappa shape index (κ2) is 8.65. The van der Waals surface area contributed by atoms with Gasteiger partial charge < -0.3 is 10.2 Å². The number of nitrogens with zero attached hydrogens (tertiary/aromatic N) is 2. The third-order valence-corrected chi connectivity index (χ3v) is 6.44. The van der Waals surface area contributed by atoms with Crippen molar-refractivity contribution in [2.45, 2.75) is 43.2 Å². The zero-order chi connectivity index (χ0) is 19.4. The zero-order valence-corrected chi connectivity index (χ0v) is 16.9. The number of hydrogen-bond donors (Lipinski definition) is 1. The Kier molecular flexibility index (Phi) is 6.26. The number of carbonyl (C=O) groups excluding carboxylic acids is 1. The molecule has 1 aromatic heterocycles. The summed E-state index contributed by atoms with van der Waals surface area (Å²) in [5, 5.41) is 3.19.